The number of nitrogens with one attached hydrogen (secondary N) is 1. The van der Waals surface area contributed by atoms with E-state index in [1.807, 2.05) is 14.0 Å². The van der Waals surface area contributed by atoms with E-state index in [0.29, 0.717) is 0 Å². The molecule has 0 unspecified atom stereocenters. The van der Waals surface area contributed by atoms with Gasteiger partial charge in [0.05, 0.1) is 0 Å². The van der Waals surface area contributed by atoms with Gasteiger partial charge in [0, 0.05) is 33.0 Å². The van der Waals surface area contributed by atoms with Crippen LogP contribution in [0.1, 0.15) is 19.2 Å². The molecule has 1 N–H and O–H groups in total. The molecular formula is C10H16N4. The summed E-state index contributed by atoms with van der Waals surface area (Å²) in [4.78, 5) is 4.13. The van der Waals surface area contributed by atoms with Crippen LogP contribution in [0.3, 0.4) is 0 Å². The van der Waals surface area contributed by atoms with Crippen molar-refractivity contribution in [2.75, 3.05) is 13.1 Å². The third-order valence-corrected chi connectivity index (χ3v) is 1.78. The summed E-state index contributed by atoms with van der Waals surface area (Å²) in [6.07, 6.45) is 3.50. The average Bonchev–Trinajstić information content (AvgIpc) is 2.58. The third-order valence-electron chi connectivity index (χ3n) is 1.78. The molecular weight excluding hydrogens is 176 g/mol. The maximum Gasteiger partial charge on any atom is 0.151 e. The Labute approximate surface area is 84.7 Å². The van der Waals surface area contributed by atoms with Crippen LogP contribution in [0.5, 0.6) is 0 Å². The Bertz CT molecular complexity index is 318. The average molecular weight is 192 g/mol. The molecule has 0 bridgehead atoms. The molecule has 0 fully saturated rings. The predicted molar refractivity (Wildman–Crippen MR) is 55.6 cm³/mol. The minimum atomic E-state index is 0.875. The second kappa shape index (κ2) is 6.17. The van der Waals surface area contributed by atoms with Crippen molar-refractivity contribution in [2.24, 2.45) is 7.05 Å². The van der Waals surface area contributed by atoms with Gasteiger partial charge in [-0.15, -0.1) is 11.8 Å². The summed E-state index contributed by atoms with van der Waals surface area (Å²) in [6.45, 7) is 3.71. The van der Waals surface area contributed by atoms with Crippen molar-refractivity contribution in [3.05, 3.63) is 12.2 Å². The molecule has 0 aromatic carbocycles. The van der Waals surface area contributed by atoms with Crippen molar-refractivity contribution in [1.29, 1.82) is 0 Å². The van der Waals surface area contributed by atoms with Crippen molar-refractivity contribution in [3.63, 3.8) is 0 Å². The van der Waals surface area contributed by atoms with Crippen LogP contribution in [-0.4, -0.2) is 27.9 Å². The number of hydrogen-bond donors (Lipinski definition) is 1. The molecule has 1 rings (SSSR count). The van der Waals surface area contributed by atoms with Gasteiger partial charge in [-0.25, -0.2) is 4.98 Å². The van der Waals surface area contributed by atoms with Crippen LogP contribution in [0.4, 0.5) is 0 Å². The Morgan fingerprint density at radius 3 is 3.00 bits per heavy atom. The largest absolute Gasteiger partial charge is 0.315 e. The molecule has 0 amide bonds. The molecule has 4 nitrogen and oxygen atoms in total. The van der Waals surface area contributed by atoms with Crippen LogP contribution in [0, 0.1) is 11.8 Å². The van der Waals surface area contributed by atoms with Crippen molar-refractivity contribution < 1.29 is 0 Å². The van der Waals surface area contributed by atoms with Crippen LogP contribution in [0.15, 0.2) is 6.33 Å². The van der Waals surface area contributed by atoms with Gasteiger partial charge >= 0.3 is 0 Å². The predicted octanol–water partition coefficient (Wildman–Crippen LogP) is 0.361. The third kappa shape index (κ3) is 4.06. The van der Waals surface area contributed by atoms with E-state index in [0.717, 1.165) is 31.8 Å². The first-order chi connectivity index (χ1) is 6.83. The van der Waals surface area contributed by atoms with Gasteiger partial charge in [-0.3, -0.25) is 4.68 Å². The number of rotatable bonds is 5. The summed E-state index contributed by atoms with van der Waals surface area (Å²) in [5.74, 6) is 6.76. The highest BCUT2D eigenvalue weighted by Crippen LogP contribution is 1.87. The van der Waals surface area contributed by atoms with Gasteiger partial charge in [0.1, 0.15) is 6.33 Å². The first-order valence-electron chi connectivity index (χ1n) is 4.78. The molecule has 0 aliphatic rings. The van der Waals surface area contributed by atoms with Crippen molar-refractivity contribution in [3.8, 4) is 11.8 Å². The van der Waals surface area contributed by atoms with Crippen molar-refractivity contribution in [1.82, 2.24) is 20.1 Å². The molecule has 0 spiro atoms. The topological polar surface area (TPSA) is 42.7 Å². The lowest BCUT2D eigenvalue weighted by molar-refractivity contribution is 0.667. The molecule has 1 aromatic rings. The molecule has 0 saturated heterocycles. The zero-order valence-corrected chi connectivity index (χ0v) is 8.75. The fourth-order valence-electron chi connectivity index (χ4n) is 1.10. The molecule has 4 heteroatoms. The first-order valence-corrected chi connectivity index (χ1v) is 4.78. The smallest absolute Gasteiger partial charge is 0.151 e. The Morgan fingerprint density at radius 2 is 2.36 bits per heavy atom. The highest BCUT2D eigenvalue weighted by molar-refractivity contribution is 4.95. The molecule has 1 aromatic heterocycles. The lowest BCUT2D eigenvalue weighted by atomic mass is 10.3. The maximum atomic E-state index is 4.18. The zero-order valence-electron chi connectivity index (χ0n) is 8.75. The molecule has 76 valence electrons. The minimum Gasteiger partial charge on any atom is -0.315 e. The summed E-state index contributed by atoms with van der Waals surface area (Å²) in [5.41, 5.74) is 0. The highest BCUT2D eigenvalue weighted by Gasteiger charge is 1.96. The Balaban J connectivity index is 2.06. The molecule has 0 aliphatic carbocycles. The Kier molecular flexibility index (Phi) is 4.73. The summed E-state index contributed by atoms with van der Waals surface area (Å²) >= 11 is 0. The maximum absolute atomic E-state index is 4.18. The summed E-state index contributed by atoms with van der Waals surface area (Å²) in [6, 6.07) is 0. The van der Waals surface area contributed by atoms with Crippen molar-refractivity contribution in [2.45, 2.75) is 19.8 Å². The monoisotopic (exact) mass is 192 g/mol. The van der Waals surface area contributed by atoms with Crippen LogP contribution in [0.25, 0.3) is 0 Å². The SMILES string of the molecule is CC#CCCNCCc1ncn(C)n1. The van der Waals surface area contributed by atoms with E-state index in [2.05, 4.69) is 27.2 Å². The molecule has 0 radical (unpaired) electrons. The summed E-state index contributed by atoms with van der Waals surface area (Å²) in [7, 11) is 1.88. The number of nitrogens with zero attached hydrogens (tertiary/aromatic N) is 3. The van der Waals surface area contributed by atoms with Crippen LogP contribution in [0.2, 0.25) is 0 Å². The van der Waals surface area contributed by atoms with E-state index < -0.39 is 0 Å². The molecule has 0 aliphatic heterocycles. The van der Waals surface area contributed by atoms with Crippen LogP contribution >= 0.6 is 0 Å². The van der Waals surface area contributed by atoms with E-state index >= 15 is 0 Å². The van der Waals surface area contributed by atoms with E-state index in [4.69, 9.17) is 0 Å². The van der Waals surface area contributed by atoms with E-state index in [1.54, 1.807) is 11.0 Å². The van der Waals surface area contributed by atoms with E-state index in [-0.39, 0.29) is 0 Å². The fraction of sp³-hybridized carbons (Fsp3) is 0.600. The van der Waals surface area contributed by atoms with Gasteiger partial charge < -0.3 is 5.32 Å². The fourth-order valence-corrected chi connectivity index (χ4v) is 1.10. The van der Waals surface area contributed by atoms with Gasteiger partial charge in [0.25, 0.3) is 0 Å². The minimum absolute atomic E-state index is 0.875. The van der Waals surface area contributed by atoms with Gasteiger partial charge in [-0.1, -0.05) is 0 Å². The Hall–Kier alpha value is -1.34. The second-order valence-corrected chi connectivity index (χ2v) is 3.01. The van der Waals surface area contributed by atoms with E-state index in [9.17, 15) is 0 Å². The molecule has 0 atom stereocenters. The second-order valence-electron chi connectivity index (χ2n) is 3.01. The van der Waals surface area contributed by atoms with E-state index in [1.165, 1.54) is 0 Å². The number of aromatic nitrogens is 3. The standard InChI is InChI=1S/C10H16N4/c1-3-4-5-7-11-8-6-10-12-9-14(2)13-10/h9,11H,5-8H2,1-2H3. The highest BCUT2D eigenvalue weighted by atomic mass is 15.3. The summed E-state index contributed by atoms with van der Waals surface area (Å²) in [5, 5.41) is 7.47. The molecule has 0 saturated carbocycles. The van der Waals surface area contributed by atoms with Crippen molar-refractivity contribution >= 4 is 0 Å². The quantitative estimate of drug-likeness (QED) is 0.541. The number of hydrogen-bond acceptors (Lipinski definition) is 3. The van der Waals surface area contributed by atoms with Gasteiger partial charge in [-0.2, -0.15) is 5.10 Å². The van der Waals surface area contributed by atoms with Gasteiger partial charge in [0.2, 0.25) is 0 Å². The lowest BCUT2D eigenvalue weighted by Gasteiger charge is -1.98. The van der Waals surface area contributed by atoms with Crippen LogP contribution < -0.4 is 5.32 Å². The molecule has 1 heterocycles. The lowest BCUT2D eigenvalue weighted by Crippen LogP contribution is -2.18. The van der Waals surface area contributed by atoms with Gasteiger partial charge in [-0.05, 0) is 6.92 Å². The zero-order chi connectivity index (χ0) is 10.2. The summed E-state index contributed by atoms with van der Waals surface area (Å²) < 4.78 is 1.72. The normalized spacial score (nSPS) is 9.57. The van der Waals surface area contributed by atoms with Crippen LogP contribution in [-0.2, 0) is 13.5 Å². The molecule has 14 heavy (non-hydrogen) atoms. The Morgan fingerprint density at radius 1 is 1.50 bits per heavy atom. The first kappa shape index (κ1) is 10.7. The van der Waals surface area contributed by atoms with Gasteiger partial charge in [0.15, 0.2) is 5.82 Å². The number of aryl methyl sites for hydroxylation is 1.